The first-order valence-electron chi connectivity index (χ1n) is 11.1. The Morgan fingerprint density at radius 1 is 1.07 bits per heavy atom. The number of aromatic nitrogens is 1. The molecule has 7 nitrogen and oxygen atoms in total. The Bertz CT molecular complexity index is 825. The second-order valence-electron chi connectivity index (χ2n) is 8.69. The number of hydrogen-bond donors (Lipinski definition) is 0. The second kappa shape index (κ2) is 8.40. The van der Waals surface area contributed by atoms with E-state index in [2.05, 4.69) is 26.9 Å². The van der Waals surface area contributed by atoms with Crippen LogP contribution in [0.15, 0.2) is 47.4 Å². The Morgan fingerprint density at radius 3 is 2.60 bits per heavy atom. The zero-order valence-corrected chi connectivity index (χ0v) is 17.4. The molecule has 0 saturated carbocycles. The van der Waals surface area contributed by atoms with Crippen LogP contribution in [0.25, 0.3) is 0 Å². The van der Waals surface area contributed by atoms with Crippen LogP contribution in [0.4, 0.5) is 5.82 Å². The van der Waals surface area contributed by atoms with Crippen molar-refractivity contribution in [2.24, 2.45) is 0 Å². The fraction of sp³-hybridized carbons (Fsp3) is 0.565. The maximum absolute atomic E-state index is 12.6. The van der Waals surface area contributed by atoms with Crippen LogP contribution in [0.2, 0.25) is 0 Å². The molecule has 3 fully saturated rings. The summed E-state index contributed by atoms with van der Waals surface area (Å²) in [5.41, 5.74) is 0.563. The summed E-state index contributed by atoms with van der Waals surface area (Å²) in [6, 6.07) is 8.43. The minimum Gasteiger partial charge on any atom is -0.472 e. The molecule has 0 bridgehead atoms. The number of pyridine rings is 1. The Hall–Kier alpha value is -2.38. The fourth-order valence-electron chi connectivity index (χ4n) is 5.21. The van der Waals surface area contributed by atoms with Gasteiger partial charge in [-0.05, 0) is 43.9 Å². The SMILES string of the molecule is O=C(c1ccoc1)N1CCC2(CC1)C[C@@H](N1CCN(c3ccccn3)CC1)CCO2. The number of rotatable bonds is 3. The molecule has 2 aromatic rings. The normalized spacial score (nSPS) is 24.9. The van der Waals surface area contributed by atoms with Gasteiger partial charge in [-0.1, -0.05) is 6.07 Å². The molecule has 5 heterocycles. The Balaban J connectivity index is 1.15. The zero-order valence-electron chi connectivity index (χ0n) is 17.4. The van der Waals surface area contributed by atoms with Crippen molar-refractivity contribution in [1.82, 2.24) is 14.8 Å². The molecule has 5 rings (SSSR count). The molecular formula is C23H30N4O3. The quantitative estimate of drug-likeness (QED) is 0.775. The second-order valence-corrected chi connectivity index (χ2v) is 8.69. The molecule has 30 heavy (non-hydrogen) atoms. The predicted molar refractivity (Wildman–Crippen MR) is 114 cm³/mol. The number of piperidine rings is 1. The first-order chi connectivity index (χ1) is 14.7. The third kappa shape index (κ3) is 3.96. The monoisotopic (exact) mass is 410 g/mol. The number of anilines is 1. The third-order valence-electron chi connectivity index (χ3n) is 7.00. The largest absolute Gasteiger partial charge is 0.472 e. The number of ether oxygens (including phenoxy) is 1. The van der Waals surface area contributed by atoms with Crippen molar-refractivity contribution < 1.29 is 13.9 Å². The highest BCUT2D eigenvalue weighted by Gasteiger charge is 2.43. The van der Waals surface area contributed by atoms with Crippen molar-refractivity contribution in [2.45, 2.75) is 37.3 Å². The molecule has 3 aliphatic heterocycles. The van der Waals surface area contributed by atoms with Gasteiger partial charge in [-0.2, -0.15) is 0 Å². The fourth-order valence-corrected chi connectivity index (χ4v) is 5.21. The van der Waals surface area contributed by atoms with Gasteiger partial charge in [-0.15, -0.1) is 0 Å². The summed E-state index contributed by atoms with van der Waals surface area (Å²) in [4.78, 5) is 24.1. The van der Waals surface area contributed by atoms with Crippen molar-refractivity contribution in [3.63, 3.8) is 0 Å². The number of likely N-dealkylation sites (tertiary alicyclic amines) is 1. The lowest BCUT2D eigenvalue weighted by Gasteiger charge is -2.49. The van der Waals surface area contributed by atoms with Crippen molar-refractivity contribution in [2.75, 3.05) is 50.8 Å². The van der Waals surface area contributed by atoms with E-state index in [0.29, 0.717) is 11.6 Å². The molecule has 0 radical (unpaired) electrons. The Morgan fingerprint density at radius 2 is 1.90 bits per heavy atom. The van der Waals surface area contributed by atoms with E-state index in [1.165, 1.54) is 6.26 Å². The number of piperazine rings is 1. The molecular weight excluding hydrogens is 380 g/mol. The molecule has 7 heteroatoms. The van der Waals surface area contributed by atoms with Gasteiger partial charge in [0.15, 0.2) is 0 Å². The van der Waals surface area contributed by atoms with Crippen LogP contribution in [0, 0.1) is 0 Å². The third-order valence-corrected chi connectivity index (χ3v) is 7.00. The maximum atomic E-state index is 12.6. The molecule has 0 N–H and O–H groups in total. The van der Waals surface area contributed by atoms with Crippen LogP contribution >= 0.6 is 0 Å². The summed E-state index contributed by atoms with van der Waals surface area (Å²) in [6.45, 7) is 6.52. The molecule has 1 spiro atoms. The number of carbonyl (C=O) groups excluding carboxylic acids is 1. The predicted octanol–water partition coefficient (Wildman–Crippen LogP) is 2.65. The van der Waals surface area contributed by atoms with Gasteiger partial charge in [-0.25, -0.2) is 4.98 Å². The summed E-state index contributed by atoms with van der Waals surface area (Å²) in [7, 11) is 0. The van der Waals surface area contributed by atoms with Crippen LogP contribution in [0.1, 0.15) is 36.0 Å². The number of nitrogens with zero attached hydrogens (tertiary/aromatic N) is 4. The molecule has 1 atom stereocenters. The van der Waals surface area contributed by atoms with E-state index >= 15 is 0 Å². The summed E-state index contributed by atoms with van der Waals surface area (Å²) >= 11 is 0. The van der Waals surface area contributed by atoms with Crippen molar-refractivity contribution in [1.29, 1.82) is 0 Å². The van der Waals surface area contributed by atoms with Crippen molar-refractivity contribution >= 4 is 11.7 Å². The minimum atomic E-state index is -0.0752. The minimum absolute atomic E-state index is 0.0663. The molecule has 3 aliphatic rings. The van der Waals surface area contributed by atoms with Gasteiger partial charge in [0.2, 0.25) is 0 Å². The molecule has 3 saturated heterocycles. The summed E-state index contributed by atoms with van der Waals surface area (Å²) in [5, 5.41) is 0. The van der Waals surface area contributed by atoms with Gasteiger partial charge < -0.3 is 19.0 Å². The molecule has 160 valence electrons. The highest BCUT2D eigenvalue weighted by molar-refractivity contribution is 5.93. The Labute approximate surface area is 177 Å². The van der Waals surface area contributed by atoms with Gasteiger partial charge in [0.25, 0.3) is 5.91 Å². The first kappa shape index (κ1) is 19.6. The van der Waals surface area contributed by atoms with E-state index in [1.54, 1.807) is 12.3 Å². The summed E-state index contributed by atoms with van der Waals surface area (Å²) in [6.07, 6.45) is 8.97. The number of hydrogen-bond acceptors (Lipinski definition) is 6. The Kier molecular flexibility index (Phi) is 5.48. The smallest absolute Gasteiger partial charge is 0.257 e. The van der Waals surface area contributed by atoms with Crippen molar-refractivity contribution in [3.8, 4) is 0 Å². The van der Waals surface area contributed by atoms with Crippen LogP contribution in [0.3, 0.4) is 0 Å². The van der Waals surface area contributed by atoms with Gasteiger partial charge in [0, 0.05) is 58.1 Å². The number of furan rings is 1. The van der Waals surface area contributed by atoms with E-state index in [9.17, 15) is 4.79 Å². The average molecular weight is 411 g/mol. The topological polar surface area (TPSA) is 62.1 Å². The van der Waals surface area contributed by atoms with Crippen LogP contribution in [-0.2, 0) is 4.74 Å². The van der Waals surface area contributed by atoms with Crippen molar-refractivity contribution in [3.05, 3.63) is 48.6 Å². The van der Waals surface area contributed by atoms with Gasteiger partial charge in [0.1, 0.15) is 12.1 Å². The van der Waals surface area contributed by atoms with Gasteiger partial charge in [-0.3, -0.25) is 9.69 Å². The molecule has 1 amide bonds. The van der Waals surface area contributed by atoms with Crippen LogP contribution in [-0.4, -0.2) is 78.2 Å². The highest BCUT2D eigenvalue weighted by atomic mass is 16.5. The van der Waals surface area contributed by atoms with Gasteiger partial charge in [0.05, 0.1) is 17.4 Å². The lowest BCUT2D eigenvalue weighted by Crippen LogP contribution is -2.57. The summed E-state index contributed by atoms with van der Waals surface area (Å²) in [5.74, 6) is 1.15. The molecule has 0 unspecified atom stereocenters. The van der Waals surface area contributed by atoms with E-state index in [1.807, 2.05) is 17.2 Å². The standard InChI is InChI=1S/C23H30N4O3/c28-22(19-4-15-29-18-19)27-9-6-23(7-10-27)17-20(5-16-30-23)25-11-13-26(14-12-25)21-3-1-2-8-24-21/h1-4,8,15,18,20H,5-7,9-14,16-17H2/t20-/m0/s1. The lowest BCUT2D eigenvalue weighted by molar-refractivity contribution is -0.130. The molecule has 2 aromatic heterocycles. The summed E-state index contributed by atoms with van der Waals surface area (Å²) < 4.78 is 11.4. The van der Waals surface area contributed by atoms with E-state index in [4.69, 9.17) is 9.15 Å². The zero-order chi connectivity index (χ0) is 20.4. The van der Waals surface area contributed by atoms with Crippen LogP contribution < -0.4 is 4.90 Å². The van der Waals surface area contributed by atoms with Gasteiger partial charge >= 0.3 is 0 Å². The van der Waals surface area contributed by atoms with E-state index < -0.39 is 0 Å². The molecule has 0 aromatic carbocycles. The number of carbonyl (C=O) groups is 1. The lowest BCUT2D eigenvalue weighted by atomic mass is 9.81. The van der Waals surface area contributed by atoms with Crippen LogP contribution in [0.5, 0.6) is 0 Å². The van der Waals surface area contributed by atoms with E-state index in [0.717, 1.165) is 77.4 Å². The highest BCUT2D eigenvalue weighted by Crippen LogP contribution is 2.37. The number of amides is 1. The average Bonchev–Trinajstić information content (AvgIpc) is 3.35. The first-order valence-corrected chi connectivity index (χ1v) is 11.1. The maximum Gasteiger partial charge on any atom is 0.257 e. The van der Waals surface area contributed by atoms with E-state index in [-0.39, 0.29) is 11.5 Å². The molecule has 0 aliphatic carbocycles.